The Morgan fingerprint density at radius 3 is 2.85 bits per heavy atom. The number of allylic oxidation sites excluding steroid dienone is 2. The maximum Gasteiger partial charge on any atom is 0.227 e. The van der Waals surface area contributed by atoms with Crippen LogP contribution in [0.1, 0.15) is 38.2 Å². The van der Waals surface area contributed by atoms with Crippen LogP contribution < -0.4 is 5.32 Å². The van der Waals surface area contributed by atoms with Gasteiger partial charge in [0.05, 0.1) is 21.9 Å². The van der Waals surface area contributed by atoms with Gasteiger partial charge in [-0.15, -0.1) is 0 Å². The number of halogens is 2. The molecule has 3 rings (SSSR count). The van der Waals surface area contributed by atoms with Crippen molar-refractivity contribution in [3.8, 4) is 0 Å². The second-order valence-corrected chi connectivity index (χ2v) is 8.22. The molecular weight excluding hydrogens is 383 g/mol. The number of hydrogen-bond acceptors (Lipinski definition) is 2. The third kappa shape index (κ3) is 4.67. The molecule has 146 valence electrons. The van der Waals surface area contributed by atoms with Crippen LogP contribution in [0.15, 0.2) is 30.4 Å². The number of benzene rings is 1. The molecule has 0 bridgehead atoms. The van der Waals surface area contributed by atoms with E-state index in [1.54, 1.807) is 12.1 Å². The van der Waals surface area contributed by atoms with Crippen LogP contribution >= 0.6 is 23.2 Å². The standard InChI is InChI=1S/C21H26Cl2N2O2/c1-2-3-10-24-20(26)16-6-4-5-15-9-11-25(21(27)19(15)16)13-14-7-8-17(22)18(23)12-14/h4-5,7-8,12,15-16,19H,2-3,6,9-11,13H2,1H3,(H,24,26)/t15-,16-,19+/m1/s1. The predicted molar refractivity (Wildman–Crippen MR) is 109 cm³/mol. The number of fused-ring (bicyclic) bond motifs is 1. The van der Waals surface area contributed by atoms with Crippen molar-refractivity contribution in [3.63, 3.8) is 0 Å². The molecule has 1 aliphatic heterocycles. The fourth-order valence-electron chi connectivity index (χ4n) is 4.03. The molecule has 0 spiro atoms. The van der Waals surface area contributed by atoms with Crippen LogP contribution in [0.5, 0.6) is 0 Å². The molecule has 1 fully saturated rings. The van der Waals surface area contributed by atoms with Crippen molar-refractivity contribution in [3.05, 3.63) is 46.0 Å². The highest BCUT2D eigenvalue weighted by Crippen LogP contribution is 2.38. The van der Waals surface area contributed by atoms with Crippen LogP contribution in [0.2, 0.25) is 10.0 Å². The lowest BCUT2D eigenvalue weighted by Crippen LogP contribution is -2.51. The van der Waals surface area contributed by atoms with Crippen molar-refractivity contribution >= 4 is 35.0 Å². The van der Waals surface area contributed by atoms with E-state index in [2.05, 4.69) is 24.4 Å². The number of unbranched alkanes of at least 4 members (excludes halogenated alkanes) is 1. The molecule has 0 unspecified atom stereocenters. The van der Waals surface area contributed by atoms with E-state index in [1.807, 2.05) is 11.0 Å². The van der Waals surface area contributed by atoms with E-state index in [4.69, 9.17) is 23.2 Å². The fourth-order valence-corrected chi connectivity index (χ4v) is 4.35. The number of nitrogens with one attached hydrogen (secondary N) is 1. The molecule has 27 heavy (non-hydrogen) atoms. The summed E-state index contributed by atoms with van der Waals surface area (Å²) in [5, 5.41) is 4.01. The molecule has 1 aliphatic carbocycles. The average Bonchev–Trinajstić information content (AvgIpc) is 2.66. The lowest BCUT2D eigenvalue weighted by Gasteiger charge is -2.41. The minimum absolute atomic E-state index is 0.00698. The zero-order chi connectivity index (χ0) is 19.4. The lowest BCUT2D eigenvalue weighted by molar-refractivity contribution is -0.148. The van der Waals surface area contributed by atoms with Gasteiger partial charge in [-0.25, -0.2) is 0 Å². The number of rotatable bonds is 6. The Morgan fingerprint density at radius 1 is 1.30 bits per heavy atom. The van der Waals surface area contributed by atoms with Gasteiger partial charge in [0, 0.05) is 19.6 Å². The Hall–Kier alpha value is -1.52. The van der Waals surface area contributed by atoms with Gasteiger partial charge in [0.1, 0.15) is 0 Å². The summed E-state index contributed by atoms with van der Waals surface area (Å²) in [5.41, 5.74) is 0.950. The van der Waals surface area contributed by atoms with Crippen LogP contribution in [0.4, 0.5) is 0 Å². The first-order valence-electron chi connectivity index (χ1n) is 9.68. The molecule has 1 saturated heterocycles. The van der Waals surface area contributed by atoms with Gasteiger partial charge >= 0.3 is 0 Å². The largest absolute Gasteiger partial charge is 0.356 e. The van der Waals surface area contributed by atoms with Gasteiger partial charge in [-0.05, 0) is 42.9 Å². The molecule has 0 aromatic heterocycles. The Labute approximate surface area is 170 Å². The van der Waals surface area contributed by atoms with E-state index in [1.165, 1.54) is 0 Å². The Balaban J connectivity index is 1.72. The van der Waals surface area contributed by atoms with Crippen LogP contribution in [0.3, 0.4) is 0 Å². The Kier molecular flexibility index (Phi) is 6.83. The molecule has 3 atom stereocenters. The van der Waals surface area contributed by atoms with Gasteiger partial charge in [-0.3, -0.25) is 9.59 Å². The maximum absolute atomic E-state index is 13.2. The molecule has 6 heteroatoms. The van der Waals surface area contributed by atoms with Gasteiger partial charge in [0.25, 0.3) is 0 Å². The number of piperidine rings is 1. The van der Waals surface area contributed by atoms with Crippen molar-refractivity contribution in [1.82, 2.24) is 10.2 Å². The maximum atomic E-state index is 13.2. The first-order chi connectivity index (χ1) is 13.0. The van der Waals surface area contributed by atoms with E-state index in [0.717, 1.165) is 24.8 Å². The van der Waals surface area contributed by atoms with Gasteiger partial charge < -0.3 is 10.2 Å². The number of carbonyl (C=O) groups is 2. The molecule has 2 aliphatic rings. The molecule has 4 nitrogen and oxygen atoms in total. The lowest BCUT2D eigenvalue weighted by atomic mass is 9.71. The van der Waals surface area contributed by atoms with E-state index < -0.39 is 0 Å². The first kappa shape index (κ1) is 20.2. The summed E-state index contributed by atoms with van der Waals surface area (Å²) < 4.78 is 0. The van der Waals surface area contributed by atoms with Crippen molar-refractivity contribution in [1.29, 1.82) is 0 Å². The Morgan fingerprint density at radius 2 is 2.11 bits per heavy atom. The summed E-state index contributed by atoms with van der Waals surface area (Å²) in [4.78, 5) is 27.7. The molecule has 1 aromatic rings. The number of likely N-dealkylation sites (tertiary alicyclic amines) is 1. The van der Waals surface area contributed by atoms with Crippen LogP contribution in [0.25, 0.3) is 0 Å². The summed E-state index contributed by atoms with van der Waals surface area (Å²) in [7, 11) is 0. The molecular formula is C21H26Cl2N2O2. The number of nitrogens with zero attached hydrogens (tertiary/aromatic N) is 1. The number of carbonyl (C=O) groups excluding carboxylic acids is 2. The predicted octanol–water partition coefficient (Wildman–Crippen LogP) is 4.45. The summed E-state index contributed by atoms with van der Waals surface area (Å²) in [6, 6.07) is 5.45. The monoisotopic (exact) mass is 408 g/mol. The Bertz CT molecular complexity index is 735. The van der Waals surface area contributed by atoms with Crippen LogP contribution in [0, 0.1) is 17.8 Å². The summed E-state index contributed by atoms with van der Waals surface area (Å²) in [6.45, 7) is 3.95. The van der Waals surface area contributed by atoms with E-state index in [0.29, 0.717) is 36.1 Å². The molecule has 1 heterocycles. The quantitative estimate of drug-likeness (QED) is 0.558. The highest BCUT2D eigenvalue weighted by Gasteiger charge is 2.44. The minimum atomic E-state index is -0.277. The van der Waals surface area contributed by atoms with Crippen molar-refractivity contribution < 1.29 is 9.59 Å². The second kappa shape index (κ2) is 9.11. The zero-order valence-corrected chi connectivity index (χ0v) is 17.1. The third-order valence-corrected chi connectivity index (χ3v) is 6.26. The number of amides is 2. The normalized spacial score (nSPS) is 24.6. The van der Waals surface area contributed by atoms with Gasteiger partial charge in [-0.2, -0.15) is 0 Å². The minimum Gasteiger partial charge on any atom is -0.356 e. The summed E-state index contributed by atoms with van der Waals surface area (Å²) in [6.07, 6.45) is 7.69. The first-order valence-corrected chi connectivity index (χ1v) is 10.4. The smallest absolute Gasteiger partial charge is 0.227 e. The van der Waals surface area contributed by atoms with Crippen molar-refractivity contribution in [2.45, 2.75) is 39.2 Å². The fraction of sp³-hybridized carbons (Fsp3) is 0.524. The van der Waals surface area contributed by atoms with Gasteiger partial charge in [0.2, 0.25) is 11.8 Å². The van der Waals surface area contributed by atoms with Crippen molar-refractivity contribution in [2.24, 2.45) is 17.8 Å². The highest BCUT2D eigenvalue weighted by atomic mass is 35.5. The summed E-state index contributed by atoms with van der Waals surface area (Å²) >= 11 is 12.1. The molecule has 0 saturated carbocycles. The second-order valence-electron chi connectivity index (χ2n) is 7.40. The average molecular weight is 409 g/mol. The molecule has 0 radical (unpaired) electrons. The summed E-state index contributed by atoms with van der Waals surface area (Å²) in [5.74, 6) is -0.322. The van der Waals surface area contributed by atoms with Crippen LogP contribution in [-0.2, 0) is 16.1 Å². The van der Waals surface area contributed by atoms with Crippen molar-refractivity contribution in [2.75, 3.05) is 13.1 Å². The number of hydrogen-bond donors (Lipinski definition) is 1. The third-order valence-electron chi connectivity index (χ3n) is 5.52. The van der Waals surface area contributed by atoms with Gasteiger partial charge in [0.15, 0.2) is 0 Å². The zero-order valence-electron chi connectivity index (χ0n) is 15.6. The van der Waals surface area contributed by atoms with E-state index >= 15 is 0 Å². The van der Waals surface area contributed by atoms with E-state index in [-0.39, 0.29) is 29.6 Å². The molecule has 1 aromatic carbocycles. The van der Waals surface area contributed by atoms with E-state index in [9.17, 15) is 9.59 Å². The SMILES string of the molecule is CCCCNC(=O)[C@@H]1CC=C[C@@H]2CCN(Cc3ccc(Cl)c(Cl)c3)C(=O)[C@@H]21. The molecule has 1 N–H and O–H groups in total. The molecule has 2 amide bonds. The highest BCUT2D eigenvalue weighted by molar-refractivity contribution is 6.42. The van der Waals surface area contributed by atoms with Crippen LogP contribution in [-0.4, -0.2) is 29.8 Å². The topological polar surface area (TPSA) is 49.4 Å². The van der Waals surface area contributed by atoms with Gasteiger partial charge in [-0.1, -0.05) is 54.8 Å².